The van der Waals surface area contributed by atoms with Crippen molar-refractivity contribution in [1.29, 1.82) is 0 Å². The SMILES string of the molecule is CC1=CC(=O)N(C)S(O)(O)O1. The summed E-state index contributed by atoms with van der Waals surface area (Å²) in [6, 6.07) is 0. The van der Waals surface area contributed by atoms with Crippen molar-refractivity contribution in [3.05, 3.63) is 11.8 Å². The summed E-state index contributed by atoms with van der Waals surface area (Å²) in [5.74, 6) is -0.248. The summed E-state index contributed by atoms with van der Waals surface area (Å²) < 4.78 is 23.5. The molecule has 0 atom stereocenters. The Bertz CT molecular complexity index is 225. The second-order valence-electron chi connectivity index (χ2n) is 2.14. The Morgan fingerprint density at radius 1 is 1.64 bits per heavy atom. The van der Waals surface area contributed by atoms with Gasteiger partial charge in [-0.05, 0) is 6.92 Å². The molecule has 1 amide bonds. The molecule has 5 nitrogen and oxygen atoms in total. The molecule has 64 valence electrons. The molecule has 1 heterocycles. The van der Waals surface area contributed by atoms with E-state index < -0.39 is 17.0 Å². The van der Waals surface area contributed by atoms with Crippen LogP contribution in [0, 0.1) is 0 Å². The lowest BCUT2D eigenvalue weighted by atomic mass is 10.4. The zero-order valence-corrected chi connectivity index (χ0v) is 6.96. The largest absolute Gasteiger partial charge is 0.392 e. The lowest BCUT2D eigenvalue weighted by Gasteiger charge is -2.36. The summed E-state index contributed by atoms with van der Waals surface area (Å²) in [6.07, 6.45) is 1.19. The van der Waals surface area contributed by atoms with Gasteiger partial charge in [0.1, 0.15) is 5.76 Å². The lowest BCUT2D eigenvalue weighted by molar-refractivity contribution is -0.122. The molecule has 0 aliphatic carbocycles. The van der Waals surface area contributed by atoms with Crippen LogP contribution in [0.3, 0.4) is 0 Å². The molecule has 2 N–H and O–H groups in total. The molecule has 0 aromatic rings. The fourth-order valence-corrected chi connectivity index (χ4v) is 1.44. The van der Waals surface area contributed by atoms with E-state index in [9.17, 15) is 4.79 Å². The third-order valence-corrected chi connectivity index (χ3v) is 2.62. The topological polar surface area (TPSA) is 70.0 Å². The Morgan fingerprint density at radius 2 is 2.18 bits per heavy atom. The summed E-state index contributed by atoms with van der Waals surface area (Å²) in [6.45, 7) is 1.49. The molecule has 0 aromatic heterocycles. The van der Waals surface area contributed by atoms with Crippen LogP contribution in [-0.2, 0) is 8.98 Å². The molecule has 6 heteroatoms. The Labute approximate surface area is 65.9 Å². The Hall–Kier alpha value is -0.720. The van der Waals surface area contributed by atoms with E-state index >= 15 is 0 Å². The highest BCUT2D eigenvalue weighted by Crippen LogP contribution is 2.47. The number of carbonyl (C=O) groups is 1. The minimum Gasteiger partial charge on any atom is -0.392 e. The van der Waals surface area contributed by atoms with Gasteiger partial charge in [0, 0.05) is 13.1 Å². The molecular formula is C5H9NO4S. The highest BCUT2D eigenvalue weighted by molar-refractivity contribution is 8.18. The monoisotopic (exact) mass is 179 g/mol. The van der Waals surface area contributed by atoms with Gasteiger partial charge >= 0.3 is 0 Å². The molecule has 11 heavy (non-hydrogen) atoms. The number of nitrogens with zero attached hydrogens (tertiary/aromatic N) is 1. The standard InChI is InChI=1S/C5H9NO4S/c1-4-3-5(7)6(2)11(8,9)10-4/h3,8-9H,1-2H3. The molecule has 0 aromatic carbocycles. The summed E-state index contributed by atoms with van der Waals surface area (Å²) in [5, 5.41) is 0. The smallest absolute Gasteiger partial charge is 0.264 e. The molecular weight excluding hydrogens is 170 g/mol. The molecule has 0 saturated carbocycles. The fourth-order valence-electron chi connectivity index (χ4n) is 0.638. The van der Waals surface area contributed by atoms with Gasteiger partial charge in [-0.2, -0.15) is 0 Å². The van der Waals surface area contributed by atoms with Crippen LogP contribution in [0.1, 0.15) is 6.92 Å². The first-order valence-electron chi connectivity index (χ1n) is 2.87. The third-order valence-electron chi connectivity index (χ3n) is 1.24. The van der Waals surface area contributed by atoms with E-state index in [1.54, 1.807) is 0 Å². The van der Waals surface area contributed by atoms with Gasteiger partial charge in [-0.25, -0.2) is 4.31 Å². The van der Waals surface area contributed by atoms with Crippen LogP contribution in [0.15, 0.2) is 11.8 Å². The van der Waals surface area contributed by atoms with Crippen LogP contribution in [-0.4, -0.2) is 26.4 Å². The molecule has 0 radical (unpaired) electrons. The highest BCUT2D eigenvalue weighted by Gasteiger charge is 2.33. The van der Waals surface area contributed by atoms with E-state index in [0.717, 1.165) is 4.31 Å². The molecule has 0 spiro atoms. The van der Waals surface area contributed by atoms with E-state index in [1.807, 2.05) is 0 Å². The van der Waals surface area contributed by atoms with Gasteiger partial charge in [0.05, 0.1) is 0 Å². The van der Waals surface area contributed by atoms with Crippen molar-refractivity contribution in [2.75, 3.05) is 7.05 Å². The first-order valence-corrected chi connectivity index (χ1v) is 4.30. The zero-order chi connectivity index (χ0) is 8.65. The summed E-state index contributed by atoms with van der Waals surface area (Å²) in [7, 11) is 1.26. The molecule has 0 unspecified atom stereocenters. The maximum Gasteiger partial charge on any atom is 0.264 e. The van der Waals surface area contributed by atoms with E-state index in [2.05, 4.69) is 4.18 Å². The maximum atomic E-state index is 10.9. The fraction of sp³-hybridized carbons (Fsp3) is 0.400. The van der Waals surface area contributed by atoms with Crippen LogP contribution in [0.25, 0.3) is 0 Å². The molecule has 0 saturated heterocycles. The molecule has 1 rings (SSSR count). The number of rotatable bonds is 0. The van der Waals surface area contributed by atoms with Crippen molar-refractivity contribution in [3.8, 4) is 0 Å². The predicted octanol–water partition coefficient (Wildman–Crippen LogP) is 0.959. The second kappa shape index (κ2) is 2.40. The van der Waals surface area contributed by atoms with Crippen LogP contribution in [0.5, 0.6) is 0 Å². The predicted molar refractivity (Wildman–Crippen MR) is 40.5 cm³/mol. The minimum absolute atomic E-state index is 0.216. The molecule has 0 fully saturated rings. The maximum absolute atomic E-state index is 10.9. The number of hydrogen-bond acceptors (Lipinski definition) is 4. The third kappa shape index (κ3) is 1.47. The van der Waals surface area contributed by atoms with Gasteiger partial charge in [0.2, 0.25) is 11.1 Å². The van der Waals surface area contributed by atoms with E-state index in [-0.39, 0.29) is 5.76 Å². The summed E-state index contributed by atoms with van der Waals surface area (Å²) >= 11 is -3.34. The number of carbonyl (C=O) groups excluding carboxylic acids is 1. The average Bonchev–Trinajstić information content (AvgIpc) is 1.81. The number of allylic oxidation sites excluding steroid dienone is 1. The summed E-state index contributed by atoms with van der Waals surface area (Å²) in [4.78, 5) is 10.9. The first kappa shape index (κ1) is 8.38. The average molecular weight is 179 g/mol. The summed E-state index contributed by atoms with van der Waals surface area (Å²) in [5.41, 5.74) is 0. The quantitative estimate of drug-likeness (QED) is 0.581. The minimum atomic E-state index is -3.34. The molecule has 1 aliphatic rings. The van der Waals surface area contributed by atoms with Gasteiger partial charge in [0.15, 0.2) is 0 Å². The van der Waals surface area contributed by atoms with Crippen LogP contribution in [0.2, 0.25) is 0 Å². The first-order chi connectivity index (χ1) is 4.93. The molecule has 0 bridgehead atoms. The van der Waals surface area contributed by atoms with Gasteiger partial charge in [-0.15, -0.1) is 0 Å². The Morgan fingerprint density at radius 3 is 2.64 bits per heavy atom. The van der Waals surface area contributed by atoms with Gasteiger partial charge in [-0.3, -0.25) is 13.9 Å². The number of hydrogen-bond donors (Lipinski definition) is 2. The second-order valence-corrected chi connectivity index (χ2v) is 3.79. The van der Waals surface area contributed by atoms with Crippen molar-refractivity contribution in [2.45, 2.75) is 6.92 Å². The van der Waals surface area contributed by atoms with Crippen molar-refractivity contribution in [1.82, 2.24) is 4.31 Å². The van der Waals surface area contributed by atoms with Crippen molar-refractivity contribution in [3.63, 3.8) is 0 Å². The van der Waals surface area contributed by atoms with Crippen LogP contribution in [0.4, 0.5) is 0 Å². The highest BCUT2D eigenvalue weighted by atomic mass is 32.3. The normalized spacial score (nSPS) is 25.6. The van der Waals surface area contributed by atoms with Gasteiger partial charge < -0.3 is 4.18 Å². The Balaban J connectivity index is 2.94. The van der Waals surface area contributed by atoms with Crippen molar-refractivity contribution >= 4 is 17.0 Å². The number of likely N-dealkylation sites (N-methyl/N-ethyl adjacent to an activating group) is 1. The van der Waals surface area contributed by atoms with Crippen LogP contribution >= 0.6 is 11.1 Å². The zero-order valence-electron chi connectivity index (χ0n) is 6.14. The van der Waals surface area contributed by atoms with Crippen molar-refractivity contribution in [2.24, 2.45) is 0 Å². The van der Waals surface area contributed by atoms with E-state index in [0.29, 0.717) is 0 Å². The van der Waals surface area contributed by atoms with E-state index in [4.69, 9.17) is 9.11 Å². The Kier molecular flexibility index (Phi) is 1.83. The molecule has 1 aliphatic heterocycles. The van der Waals surface area contributed by atoms with Gasteiger partial charge in [0.25, 0.3) is 5.91 Å². The van der Waals surface area contributed by atoms with E-state index in [1.165, 1.54) is 20.0 Å². The lowest BCUT2D eigenvalue weighted by Crippen LogP contribution is -2.33. The number of amides is 1. The van der Waals surface area contributed by atoms with Crippen LogP contribution < -0.4 is 0 Å². The van der Waals surface area contributed by atoms with Crippen molar-refractivity contribution < 1.29 is 18.1 Å². The van der Waals surface area contributed by atoms with Gasteiger partial charge in [-0.1, -0.05) is 0 Å².